The first-order chi connectivity index (χ1) is 13.1. The van der Waals surface area contributed by atoms with E-state index in [0.717, 1.165) is 22.1 Å². The lowest BCUT2D eigenvalue weighted by Gasteiger charge is -2.29. The van der Waals surface area contributed by atoms with Gasteiger partial charge >= 0.3 is 0 Å². The summed E-state index contributed by atoms with van der Waals surface area (Å²) in [6.07, 6.45) is 2.61. The van der Waals surface area contributed by atoms with Crippen LogP contribution in [0, 0.1) is 0 Å². The fraction of sp³-hybridized carbons (Fsp3) is 0.286. The number of hydrogen-bond donors (Lipinski definition) is 1. The molecule has 0 bridgehead atoms. The molecule has 0 atom stereocenters. The molecule has 140 valence electrons. The first-order valence-corrected chi connectivity index (χ1v) is 10.1. The zero-order valence-corrected chi connectivity index (χ0v) is 16.7. The molecule has 0 fully saturated rings. The molecule has 2 aromatic carbocycles. The summed E-state index contributed by atoms with van der Waals surface area (Å²) in [5.41, 5.74) is 1.18. The molecular formula is C21H24N4OS. The zero-order chi connectivity index (χ0) is 19.3. The summed E-state index contributed by atoms with van der Waals surface area (Å²) in [5, 5.41) is 12.3. The molecule has 6 heteroatoms. The number of amides is 1. The van der Waals surface area contributed by atoms with Crippen molar-refractivity contribution < 1.29 is 4.79 Å². The summed E-state index contributed by atoms with van der Waals surface area (Å²) in [7, 11) is 1.95. The summed E-state index contributed by atoms with van der Waals surface area (Å²) in [6, 6.07) is 19.8. The lowest BCUT2D eigenvalue weighted by Crippen LogP contribution is -2.44. The SMILES string of the molecule is CSc1nnc(CCNC(=O)C(C)(c2ccccc2)c2ccccc2)n1C. The van der Waals surface area contributed by atoms with E-state index in [0.29, 0.717) is 13.0 Å². The van der Waals surface area contributed by atoms with Crippen molar-refractivity contribution in [2.75, 3.05) is 12.8 Å². The first kappa shape index (κ1) is 19.2. The van der Waals surface area contributed by atoms with Crippen molar-refractivity contribution in [1.82, 2.24) is 20.1 Å². The van der Waals surface area contributed by atoms with Gasteiger partial charge in [-0.05, 0) is 24.3 Å². The van der Waals surface area contributed by atoms with Gasteiger partial charge in [0.15, 0.2) is 5.16 Å². The Morgan fingerprint density at radius 3 is 2.07 bits per heavy atom. The van der Waals surface area contributed by atoms with E-state index in [1.165, 1.54) is 0 Å². The maximum Gasteiger partial charge on any atom is 0.234 e. The number of nitrogens with zero attached hydrogens (tertiary/aromatic N) is 3. The Labute approximate surface area is 164 Å². The molecule has 0 radical (unpaired) electrons. The fourth-order valence-corrected chi connectivity index (χ4v) is 3.68. The number of thioether (sulfide) groups is 1. The van der Waals surface area contributed by atoms with Gasteiger partial charge in [0.1, 0.15) is 5.82 Å². The molecule has 0 aliphatic heterocycles. The highest BCUT2D eigenvalue weighted by molar-refractivity contribution is 7.98. The third-order valence-electron chi connectivity index (χ3n) is 4.90. The highest BCUT2D eigenvalue weighted by atomic mass is 32.2. The number of aromatic nitrogens is 3. The minimum Gasteiger partial charge on any atom is -0.355 e. The van der Waals surface area contributed by atoms with Gasteiger partial charge in [-0.25, -0.2) is 0 Å². The summed E-state index contributed by atoms with van der Waals surface area (Å²) >= 11 is 1.56. The van der Waals surface area contributed by atoms with Crippen LogP contribution in [0.25, 0.3) is 0 Å². The van der Waals surface area contributed by atoms with E-state index in [1.54, 1.807) is 11.8 Å². The van der Waals surface area contributed by atoms with Crippen LogP contribution >= 0.6 is 11.8 Å². The van der Waals surface area contributed by atoms with Gasteiger partial charge in [0.05, 0.1) is 5.41 Å². The number of nitrogens with one attached hydrogen (secondary N) is 1. The van der Waals surface area contributed by atoms with Gasteiger partial charge < -0.3 is 9.88 Å². The van der Waals surface area contributed by atoms with E-state index in [-0.39, 0.29) is 5.91 Å². The topological polar surface area (TPSA) is 59.8 Å². The van der Waals surface area contributed by atoms with Gasteiger partial charge in [0, 0.05) is 20.0 Å². The first-order valence-electron chi connectivity index (χ1n) is 8.89. The molecule has 1 amide bonds. The van der Waals surface area contributed by atoms with Crippen molar-refractivity contribution >= 4 is 17.7 Å². The van der Waals surface area contributed by atoms with Gasteiger partial charge in [-0.3, -0.25) is 4.79 Å². The summed E-state index contributed by atoms with van der Waals surface area (Å²) < 4.78 is 1.96. The Morgan fingerprint density at radius 2 is 1.59 bits per heavy atom. The van der Waals surface area contributed by atoms with E-state index in [9.17, 15) is 4.79 Å². The van der Waals surface area contributed by atoms with Crippen LogP contribution in [0.2, 0.25) is 0 Å². The lowest BCUT2D eigenvalue weighted by molar-refractivity contribution is -0.124. The van der Waals surface area contributed by atoms with Crippen LogP contribution < -0.4 is 5.32 Å². The quantitative estimate of drug-likeness (QED) is 0.640. The van der Waals surface area contributed by atoms with E-state index in [1.807, 2.05) is 85.5 Å². The van der Waals surface area contributed by atoms with Crippen LogP contribution in [0.4, 0.5) is 0 Å². The number of carbonyl (C=O) groups excluding carboxylic acids is 1. The molecule has 0 aliphatic carbocycles. The summed E-state index contributed by atoms with van der Waals surface area (Å²) in [5.74, 6) is 0.841. The molecule has 0 saturated carbocycles. The number of hydrogen-bond acceptors (Lipinski definition) is 4. The number of rotatable bonds is 7. The highest BCUT2D eigenvalue weighted by Gasteiger charge is 2.36. The monoisotopic (exact) mass is 380 g/mol. The van der Waals surface area contributed by atoms with Gasteiger partial charge in [-0.15, -0.1) is 10.2 Å². The van der Waals surface area contributed by atoms with E-state index >= 15 is 0 Å². The maximum atomic E-state index is 13.2. The predicted octanol–water partition coefficient (Wildman–Crippen LogP) is 3.20. The van der Waals surface area contributed by atoms with Crippen molar-refractivity contribution in [3.05, 3.63) is 77.6 Å². The minimum atomic E-state index is -0.757. The average Bonchev–Trinajstić information content (AvgIpc) is 3.08. The van der Waals surface area contributed by atoms with Crippen molar-refractivity contribution in [2.45, 2.75) is 23.9 Å². The molecule has 0 aliphatic rings. The van der Waals surface area contributed by atoms with Crippen LogP contribution in [0.3, 0.4) is 0 Å². The second-order valence-corrected chi connectivity index (χ2v) is 7.30. The lowest BCUT2D eigenvalue weighted by atomic mass is 9.75. The molecule has 0 unspecified atom stereocenters. The van der Waals surface area contributed by atoms with Crippen LogP contribution in [-0.4, -0.2) is 33.5 Å². The van der Waals surface area contributed by atoms with E-state index < -0.39 is 5.41 Å². The number of carbonyl (C=O) groups is 1. The second kappa shape index (κ2) is 8.39. The minimum absolute atomic E-state index is 0.0211. The molecule has 0 saturated heterocycles. The van der Waals surface area contributed by atoms with Crippen LogP contribution in [0.1, 0.15) is 23.9 Å². The fourth-order valence-electron chi connectivity index (χ4n) is 3.18. The van der Waals surface area contributed by atoms with Crippen LogP contribution in [0.15, 0.2) is 65.8 Å². The average molecular weight is 381 g/mol. The number of benzene rings is 2. The Kier molecular flexibility index (Phi) is 5.96. The third-order valence-corrected chi connectivity index (χ3v) is 5.62. The van der Waals surface area contributed by atoms with Crippen molar-refractivity contribution in [2.24, 2.45) is 7.05 Å². The zero-order valence-electron chi connectivity index (χ0n) is 15.8. The standard InChI is InChI=1S/C21H24N4OS/c1-21(16-10-6-4-7-11-16,17-12-8-5-9-13-17)19(26)22-15-14-18-23-24-20(27-3)25(18)2/h4-13H,14-15H2,1-3H3,(H,22,26). The molecule has 5 nitrogen and oxygen atoms in total. The van der Waals surface area contributed by atoms with Crippen LogP contribution in [-0.2, 0) is 23.7 Å². The van der Waals surface area contributed by atoms with Crippen molar-refractivity contribution in [3.8, 4) is 0 Å². The molecule has 0 spiro atoms. The van der Waals surface area contributed by atoms with Gasteiger partial charge in [-0.2, -0.15) is 0 Å². The maximum absolute atomic E-state index is 13.2. The molecule has 27 heavy (non-hydrogen) atoms. The van der Waals surface area contributed by atoms with Gasteiger partial charge in [0.25, 0.3) is 0 Å². The Balaban J connectivity index is 1.79. The summed E-state index contributed by atoms with van der Waals surface area (Å²) in [4.78, 5) is 13.2. The normalized spacial score (nSPS) is 11.4. The molecule has 1 aromatic heterocycles. The molecular weight excluding hydrogens is 356 g/mol. The smallest absolute Gasteiger partial charge is 0.234 e. The Morgan fingerprint density at radius 1 is 1.04 bits per heavy atom. The molecule has 1 N–H and O–H groups in total. The van der Waals surface area contributed by atoms with Crippen molar-refractivity contribution in [3.63, 3.8) is 0 Å². The van der Waals surface area contributed by atoms with Gasteiger partial charge in [-0.1, -0.05) is 72.4 Å². The van der Waals surface area contributed by atoms with Crippen molar-refractivity contribution in [1.29, 1.82) is 0 Å². The Hall–Kier alpha value is -2.60. The molecule has 3 rings (SSSR count). The molecule has 3 aromatic rings. The third kappa shape index (κ3) is 3.90. The predicted molar refractivity (Wildman–Crippen MR) is 109 cm³/mol. The van der Waals surface area contributed by atoms with Gasteiger partial charge in [0.2, 0.25) is 5.91 Å². The molecule has 1 heterocycles. The summed E-state index contributed by atoms with van der Waals surface area (Å²) in [6.45, 7) is 2.48. The second-order valence-electron chi connectivity index (χ2n) is 6.52. The van der Waals surface area contributed by atoms with E-state index in [2.05, 4.69) is 15.5 Å². The Bertz CT molecular complexity index is 854. The van der Waals surface area contributed by atoms with E-state index in [4.69, 9.17) is 0 Å². The largest absolute Gasteiger partial charge is 0.355 e. The highest BCUT2D eigenvalue weighted by Crippen LogP contribution is 2.32. The van der Waals surface area contributed by atoms with Crippen LogP contribution in [0.5, 0.6) is 0 Å².